The Morgan fingerprint density at radius 1 is 1.14 bits per heavy atom. The van der Waals surface area contributed by atoms with Crippen LogP contribution in [0.4, 0.5) is 11.4 Å². The monoisotopic (exact) mass is 386 g/mol. The number of hydrogen-bond acceptors (Lipinski definition) is 6. The normalized spacial score (nSPS) is 11.4. The molecule has 0 radical (unpaired) electrons. The molecule has 1 N–H and O–H groups in total. The zero-order valence-corrected chi connectivity index (χ0v) is 16.1. The van der Waals surface area contributed by atoms with E-state index in [9.17, 15) is 19.7 Å². The molecule has 0 aliphatic heterocycles. The molecule has 0 fully saturated rings. The molecule has 0 aliphatic rings. The van der Waals surface area contributed by atoms with Crippen LogP contribution in [0.3, 0.4) is 0 Å². The number of esters is 1. The highest BCUT2D eigenvalue weighted by Crippen LogP contribution is 2.27. The van der Waals surface area contributed by atoms with Crippen LogP contribution in [0.2, 0.25) is 0 Å². The van der Waals surface area contributed by atoms with E-state index in [4.69, 9.17) is 9.47 Å². The van der Waals surface area contributed by atoms with Crippen LogP contribution in [0, 0.1) is 30.9 Å². The quantitative estimate of drug-likeness (QED) is 0.443. The first-order valence-corrected chi connectivity index (χ1v) is 8.63. The summed E-state index contributed by atoms with van der Waals surface area (Å²) in [6.45, 7) is 6.34. The van der Waals surface area contributed by atoms with E-state index in [-0.39, 0.29) is 11.4 Å². The molecule has 0 aliphatic carbocycles. The number of nitrogens with one attached hydrogen (secondary N) is 1. The third kappa shape index (κ3) is 5.54. The van der Waals surface area contributed by atoms with Crippen LogP contribution in [0.5, 0.6) is 5.75 Å². The van der Waals surface area contributed by atoms with Gasteiger partial charge in [0.2, 0.25) is 0 Å². The van der Waals surface area contributed by atoms with E-state index in [0.717, 1.165) is 16.7 Å². The van der Waals surface area contributed by atoms with Crippen molar-refractivity contribution >= 4 is 23.3 Å². The fourth-order valence-corrected chi connectivity index (χ4v) is 2.43. The van der Waals surface area contributed by atoms with Crippen molar-refractivity contribution in [2.24, 2.45) is 0 Å². The van der Waals surface area contributed by atoms with Crippen LogP contribution in [0.1, 0.15) is 23.6 Å². The van der Waals surface area contributed by atoms with Gasteiger partial charge in [-0.1, -0.05) is 12.1 Å². The van der Waals surface area contributed by atoms with Gasteiger partial charge in [-0.05, 0) is 62.6 Å². The van der Waals surface area contributed by atoms with Gasteiger partial charge in [0.25, 0.3) is 11.6 Å². The van der Waals surface area contributed by atoms with E-state index in [1.54, 1.807) is 32.0 Å². The maximum absolute atomic E-state index is 12.1. The Morgan fingerprint density at radius 3 is 2.46 bits per heavy atom. The Labute approximate surface area is 162 Å². The summed E-state index contributed by atoms with van der Waals surface area (Å²) in [6.07, 6.45) is -0.912. The van der Waals surface area contributed by atoms with Gasteiger partial charge in [-0.25, -0.2) is 4.79 Å². The number of anilines is 1. The SMILES string of the molecule is Cc1cccc(O[C@@H](C)C(=O)OCC(=O)Nc2cc(C)c(C)cc2[N+](=O)[O-])c1. The lowest BCUT2D eigenvalue weighted by Gasteiger charge is -2.14. The standard InChI is InChI=1S/C20H22N2O6/c1-12-6-5-7-16(8-12)28-15(4)20(24)27-11-19(23)21-17-9-13(2)14(3)10-18(17)22(25)26/h5-10,15H,11H2,1-4H3,(H,21,23)/t15-/m0/s1. The topological polar surface area (TPSA) is 108 Å². The smallest absolute Gasteiger partial charge is 0.347 e. The lowest BCUT2D eigenvalue weighted by Crippen LogP contribution is -2.29. The fraction of sp³-hybridized carbons (Fsp3) is 0.300. The van der Waals surface area contributed by atoms with E-state index in [0.29, 0.717) is 5.75 Å². The van der Waals surface area contributed by atoms with Gasteiger partial charge in [0.1, 0.15) is 11.4 Å². The van der Waals surface area contributed by atoms with Crippen molar-refractivity contribution in [1.82, 2.24) is 0 Å². The predicted octanol–water partition coefficient (Wildman–Crippen LogP) is 3.47. The Hall–Kier alpha value is -3.42. The molecule has 2 rings (SSSR count). The van der Waals surface area contributed by atoms with Crippen LogP contribution < -0.4 is 10.1 Å². The number of nitro benzene ring substituents is 1. The third-order valence-corrected chi connectivity index (χ3v) is 4.06. The second-order valence-corrected chi connectivity index (χ2v) is 6.44. The van der Waals surface area contributed by atoms with Gasteiger partial charge in [0.05, 0.1) is 4.92 Å². The Morgan fingerprint density at radius 2 is 1.82 bits per heavy atom. The number of nitrogens with zero attached hydrogens (tertiary/aromatic N) is 1. The highest BCUT2D eigenvalue weighted by Gasteiger charge is 2.20. The van der Waals surface area contributed by atoms with Crippen LogP contribution in [0.15, 0.2) is 36.4 Å². The van der Waals surface area contributed by atoms with E-state index in [2.05, 4.69) is 5.32 Å². The summed E-state index contributed by atoms with van der Waals surface area (Å²) < 4.78 is 10.4. The highest BCUT2D eigenvalue weighted by atomic mass is 16.6. The summed E-state index contributed by atoms with van der Waals surface area (Å²) >= 11 is 0. The summed E-state index contributed by atoms with van der Waals surface area (Å²) in [7, 11) is 0. The fourth-order valence-electron chi connectivity index (χ4n) is 2.43. The zero-order chi connectivity index (χ0) is 20.8. The minimum absolute atomic E-state index is 0.0539. The maximum atomic E-state index is 12.1. The first-order valence-electron chi connectivity index (χ1n) is 8.63. The van der Waals surface area contributed by atoms with Crippen molar-refractivity contribution in [1.29, 1.82) is 0 Å². The van der Waals surface area contributed by atoms with Gasteiger partial charge in [-0.3, -0.25) is 14.9 Å². The van der Waals surface area contributed by atoms with Gasteiger partial charge in [0.15, 0.2) is 12.7 Å². The molecule has 8 heteroatoms. The number of carbonyl (C=O) groups excluding carboxylic acids is 2. The second kappa shape index (κ2) is 8.98. The molecule has 2 aromatic carbocycles. The Kier molecular flexibility index (Phi) is 6.70. The molecular weight excluding hydrogens is 364 g/mol. The Bertz CT molecular complexity index is 910. The van der Waals surface area contributed by atoms with Crippen LogP contribution in [0.25, 0.3) is 0 Å². The number of hydrogen-bond donors (Lipinski definition) is 1. The summed E-state index contributed by atoms with van der Waals surface area (Å²) in [5.41, 5.74) is 2.33. The van der Waals surface area contributed by atoms with Gasteiger partial charge in [-0.2, -0.15) is 0 Å². The summed E-state index contributed by atoms with van der Waals surface area (Å²) in [4.78, 5) is 34.7. The van der Waals surface area contributed by atoms with Crippen LogP contribution >= 0.6 is 0 Å². The van der Waals surface area contributed by atoms with Gasteiger partial charge >= 0.3 is 5.97 Å². The van der Waals surface area contributed by atoms with Crippen LogP contribution in [-0.4, -0.2) is 29.5 Å². The molecule has 28 heavy (non-hydrogen) atoms. The third-order valence-electron chi connectivity index (χ3n) is 4.06. The Balaban J connectivity index is 1.94. The number of rotatable bonds is 7. The minimum atomic E-state index is -0.912. The zero-order valence-electron chi connectivity index (χ0n) is 16.1. The van der Waals surface area contributed by atoms with Crippen molar-refractivity contribution in [2.75, 3.05) is 11.9 Å². The summed E-state index contributed by atoms with van der Waals surface area (Å²) in [5.74, 6) is -0.881. The molecule has 0 saturated carbocycles. The molecule has 8 nitrogen and oxygen atoms in total. The van der Waals surface area contributed by atoms with Gasteiger partial charge < -0.3 is 14.8 Å². The molecule has 0 saturated heterocycles. The molecule has 0 spiro atoms. The first-order chi connectivity index (χ1) is 13.2. The molecule has 1 atom stereocenters. The first kappa shape index (κ1) is 20.9. The van der Waals surface area contributed by atoms with Crippen molar-refractivity contribution in [2.45, 2.75) is 33.8 Å². The minimum Gasteiger partial charge on any atom is -0.479 e. The van der Waals surface area contributed by atoms with Crippen molar-refractivity contribution < 1.29 is 24.0 Å². The van der Waals surface area contributed by atoms with E-state index >= 15 is 0 Å². The van der Waals surface area contributed by atoms with Gasteiger partial charge in [0, 0.05) is 6.07 Å². The van der Waals surface area contributed by atoms with Crippen molar-refractivity contribution in [3.8, 4) is 5.75 Å². The number of benzene rings is 2. The van der Waals surface area contributed by atoms with E-state index < -0.39 is 29.5 Å². The summed E-state index contributed by atoms with van der Waals surface area (Å²) in [6, 6.07) is 10.1. The summed E-state index contributed by atoms with van der Waals surface area (Å²) in [5, 5.41) is 13.6. The molecule has 0 unspecified atom stereocenters. The molecule has 0 aromatic heterocycles. The molecule has 1 amide bonds. The largest absolute Gasteiger partial charge is 0.479 e. The number of aryl methyl sites for hydroxylation is 3. The molecule has 0 heterocycles. The maximum Gasteiger partial charge on any atom is 0.347 e. The average Bonchev–Trinajstić information content (AvgIpc) is 2.62. The lowest BCUT2D eigenvalue weighted by molar-refractivity contribution is -0.384. The van der Waals surface area contributed by atoms with E-state index in [1.807, 2.05) is 13.0 Å². The predicted molar refractivity (Wildman–Crippen MR) is 103 cm³/mol. The highest BCUT2D eigenvalue weighted by molar-refractivity contribution is 5.95. The van der Waals surface area contributed by atoms with E-state index in [1.165, 1.54) is 19.1 Å². The average molecular weight is 386 g/mol. The molecular formula is C20H22N2O6. The number of ether oxygens (including phenoxy) is 2. The lowest BCUT2D eigenvalue weighted by atomic mass is 10.1. The van der Waals surface area contributed by atoms with Crippen LogP contribution in [-0.2, 0) is 14.3 Å². The molecule has 0 bridgehead atoms. The molecule has 148 valence electrons. The van der Waals surface area contributed by atoms with Gasteiger partial charge in [-0.15, -0.1) is 0 Å². The second-order valence-electron chi connectivity index (χ2n) is 6.44. The van der Waals surface area contributed by atoms with Crippen molar-refractivity contribution in [3.05, 3.63) is 63.2 Å². The number of amides is 1. The number of carbonyl (C=O) groups is 2. The van der Waals surface area contributed by atoms with Crippen molar-refractivity contribution in [3.63, 3.8) is 0 Å². The number of nitro groups is 1. The molecule has 2 aromatic rings.